The van der Waals surface area contributed by atoms with Crippen molar-refractivity contribution in [3.63, 3.8) is 0 Å². The molecule has 0 bridgehead atoms. The van der Waals surface area contributed by atoms with Gasteiger partial charge in [0, 0.05) is 0 Å². The summed E-state index contributed by atoms with van der Waals surface area (Å²) in [5.41, 5.74) is 1.33. The van der Waals surface area contributed by atoms with Crippen LogP contribution < -0.4 is 8.88 Å². The summed E-state index contributed by atoms with van der Waals surface area (Å²) in [6.45, 7) is 16.2. The van der Waals surface area contributed by atoms with Gasteiger partial charge in [-0.05, 0) is 0 Å². The van der Waals surface area contributed by atoms with Crippen molar-refractivity contribution in [1.29, 1.82) is 0 Å². The fourth-order valence-corrected chi connectivity index (χ4v) is 10.8. The first kappa shape index (κ1) is 17.2. The number of hydrogen-bond donors (Lipinski definition) is 1. The second kappa shape index (κ2) is 6.96. The Kier molecular flexibility index (Phi) is 7.05. The van der Waals surface area contributed by atoms with E-state index in [1.165, 1.54) is 9.80 Å². The van der Waals surface area contributed by atoms with E-state index in [1.54, 1.807) is 0 Å². The third-order valence-corrected chi connectivity index (χ3v) is 7.97. The predicted octanol–water partition coefficient (Wildman–Crippen LogP) is 3.03. The van der Waals surface area contributed by atoms with Gasteiger partial charge in [0.05, 0.1) is 0 Å². The molecule has 0 saturated carbocycles. The van der Waals surface area contributed by atoms with Crippen molar-refractivity contribution in [2.24, 2.45) is 0 Å². The molecule has 0 spiro atoms. The minimum absolute atomic E-state index is 0.981. The summed E-state index contributed by atoms with van der Waals surface area (Å²) < 4.78 is 5.07. The number of hydrogen-bond acceptors (Lipinski definition) is 1. The van der Waals surface area contributed by atoms with E-state index in [0.717, 1.165) is 0 Å². The Morgan fingerprint density at radius 2 is 1.18 bits per heavy atom. The maximum absolute atomic E-state index is 3.74. The van der Waals surface area contributed by atoms with Crippen molar-refractivity contribution in [3.8, 4) is 0 Å². The average molecular weight is 259 g/mol. The van der Waals surface area contributed by atoms with Gasteiger partial charge in [-0.15, -0.1) is 0 Å². The third-order valence-electron chi connectivity index (χ3n) is 1.97. The Labute approximate surface area is 119 Å². The molecule has 1 aromatic rings. The molecule has 0 radical (unpaired) electrons. The van der Waals surface area contributed by atoms with Crippen molar-refractivity contribution in [2.75, 3.05) is 0 Å². The van der Waals surface area contributed by atoms with Gasteiger partial charge >= 0.3 is 58.7 Å². The summed E-state index contributed by atoms with van der Waals surface area (Å²) in [7, 11) is -1.96. The first-order chi connectivity index (χ1) is 7.49. The van der Waals surface area contributed by atoms with Gasteiger partial charge in [-0.3, -0.25) is 0 Å². The first-order valence-electron chi connectivity index (χ1n) is 6.32. The van der Waals surface area contributed by atoms with Crippen LogP contribution >= 0.6 is 0 Å². The van der Waals surface area contributed by atoms with Gasteiger partial charge in [0.1, 0.15) is 16.5 Å². The molecule has 0 fully saturated rings. The summed E-state index contributed by atoms with van der Waals surface area (Å²) >= 11 is 2.10. The monoisotopic (exact) mass is 259 g/mol. The van der Waals surface area contributed by atoms with Crippen molar-refractivity contribution in [1.82, 2.24) is 4.65 Å². The summed E-state index contributed by atoms with van der Waals surface area (Å²) in [5.74, 6) is 0. The van der Waals surface area contributed by atoms with Crippen LogP contribution in [0.1, 0.15) is 5.56 Å². The molecule has 92 valence electrons. The molecule has 1 aromatic carbocycles. The maximum atomic E-state index is 3.74. The average Bonchev–Trinajstić information content (AvgIpc) is 2.04. The van der Waals surface area contributed by atoms with E-state index in [2.05, 4.69) is 92.8 Å². The molecule has 0 saturated heterocycles. The van der Waals surface area contributed by atoms with Gasteiger partial charge in [0.2, 0.25) is 0 Å². The second-order valence-electron chi connectivity index (χ2n) is 6.78. The second-order valence-corrected chi connectivity index (χ2v) is 16.8. The Balaban J connectivity index is 0.000000302. The molecule has 0 unspecified atom stereocenters. The van der Waals surface area contributed by atoms with Crippen LogP contribution in [-0.2, 0) is 0 Å². The summed E-state index contributed by atoms with van der Waals surface area (Å²) in [6.07, 6.45) is 0. The van der Waals surface area contributed by atoms with E-state index in [0.29, 0.717) is 0 Å². The standard InChI is InChI=1S/C7H7.C6H19NSi2.Li/c1-7-5-3-2-4-6-7;1-8(2,3)7-9(4,5)6;/h3-6H,1H3;7H,1-6H3;. The van der Waals surface area contributed by atoms with Crippen molar-refractivity contribution in [3.05, 3.63) is 29.8 Å². The fraction of sp³-hybridized carbons (Fsp3) is 0.538. The molecule has 17 heavy (non-hydrogen) atoms. The predicted molar refractivity (Wildman–Crippen MR) is 86.4 cm³/mol. The Morgan fingerprint density at radius 1 is 0.824 bits per heavy atom. The molecule has 0 aromatic heterocycles. The number of nitrogens with one attached hydrogen (secondary N) is 1. The van der Waals surface area contributed by atoms with E-state index in [-0.39, 0.29) is 0 Å². The Morgan fingerprint density at radius 3 is 1.35 bits per heavy atom. The van der Waals surface area contributed by atoms with Gasteiger partial charge in [-0.25, -0.2) is 0 Å². The van der Waals surface area contributed by atoms with E-state index in [4.69, 9.17) is 0 Å². The third kappa shape index (κ3) is 12.5. The topological polar surface area (TPSA) is 12.0 Å². The van der Waals surface area contributed by atoms with Gasteiger partial charge in [0.25, 0.3) is 0 Å². The van der Waals surface area contributed by atoms with Crippen LogP contribution in [0.15, 0.2) is 24.3 Å². The van der Waals surface area contributed by atoms with Crippen molar-refractivity contribution < 1.29 is 0 Å². The van der Waals surface area contributed by atoms with Crippen LogP contribution in [0.5, 0.6) is 0 Å². The molecule has 0 atom stereocenters. The zero-order chi connectivity index (χ0) is 13.7. The molecular weight excluding hydrogens is 233 g/mol. The molecule has 0 amide bonds. The van der Waals surface area contributed by atoms with Crippen molar-refractivity contribution >= 4 is 38.4 Å². The van der Waals surface area contributed by atoms with Crippen LogP contribution in [0.4, 0.5) is 0 Å². The van der Waals surface area contributed by atoms with E-state index < -0.39 is 16.5 Å². The Bertz CT molecular complexity index is 290. The van der Waals surface area contributed by atoms with E-state index in [1.807, 2.05) is 0 Å². The molecular formula is C13H26LiNSi2. The number of rotatable bonds is 2. The molecule has 1 N–H and O–H groups in total. The zero-order valence-corrected chi connectivity index (χ0v) is 14.8. The molecule has 1 nitrogen and oxygen atoms in total. The number of benzene rings is 1. The summed E-state index contributed by atoms with van der Waals surface area (Å²) in [5, 5.41) is 0. The van der Waals surface area contributed by atoms with Gasteiger partial charge in [0.15, 0.2) is 0 Å². The fourth-order valence-electron chi connectivity index (χ4n) is 1.76. The van der Waals surface area contributed by atoms with E-state index >= 15 is 0 Å². The van der Waals surface area contributed by atoms with Crippen LogP contribution in [0.25, 0.3) is 0 Å². The van der Waals surface area contributed by atoms with Crippen LogP contribution in [0, 0.1) is 6.92 Å². The summed E-state index contributed by atoms with van der Waals surface area (Å²) in [6, 6.07) is 8.48. The molecule has 4 heteroatoms. The minimum atomic E-state index is -0.981. The first-order valence-corrected chi connectivity index (χ1v) is 13.3. The molecule has 0 aliphatic carbocycles. The van der Waals surface area contributed by atoms with E-state index in [9.17, 15) is 0 Å². The molecule has 1 rings (SSSR count). The quantitative estimate of drug-likeness (QED) is 0.805. The summed E-state index contributed by atoms with van der Waals surface area (Å²) in [4.78, 5) is 0. The Hall–Kier alpha value is 0.211. The van der Waals surface area contributed by atoms with Crippen LogP contribution in [-0.4, -0.2) is 34.2 Å². The van der Waals surface area contributed by atoms with Gasteiger partial charge in [-0.1, -0.05) is 39.3 Å². The normalized spacial score (nSPS) is 11.8. The number of aryl methyl sites for hydroxylation is 1. The van der Waals surface area contributed by atoms with Crippen LogP contribution in [0.3, 0.4) is 0 Å². The van der Waals surface area contributed by atoms with Crippen LogP contribution in [0.2, 0.25) is 39.3 Å². The van der Waals surface area contributed by atoms with Gasteiger partial charge < -0.3 is 4.65 Å². The molecule has 0 aliphatic heterocycles. The van der Waals surface area contributed by atoms with Gasteiger partial charge in [-0.2, -0.15) is 0 Å². The van der Waals surface area contributed by atoms with Crippen molar-refractivity contribution in [2.45, 2.75) is 46.2 Å². The SMILES string of the molecule is C[Si](C)(C)N[Si](C)(C)C.[Li][c]1ccc(C)cc1. The molecule has 0 aliphatic rings. The zero-order valence-electron chi connectivity index (χ0n) is 12.8. The molecule has 0 heterocycles.